The van der Waals surface area contributed by atoms with Crippen molar-refractivity contribution in [1.29, 1.82) is 0 Å². The summed E-state index contributed by atoms with van der Waals surface area (Å²) in [5, 5.41) is 3.34. The molecule has 0 aromatic carbocycles. The lowest BCUT2D eigenvalue weighted by molar-refractivity contribution is 0.0766. The topological polar surface area (TPSA) is 33.3 Å². The molecule has 0 bridgehead atoms. The summed E-state index contributed by atoms with van der Waals surface area (Å²) < 4.78 is 0. The first-order chi connectivity index (χ1) is 7.06. The fourth-order valence-electron chi connectivity index (χ4n) is 1.99. The van der Waals surface area contributed by atoms with Gasteiger partial charge in [0.2, 0.25) is 0 Å². The Morgan fingerprint density at radius 1 is 1.53 bits per heavy atom. The van der Waals surface area contributed by atoms with Gasteiger partial charge in [-0.15, -0.1) is 0 Å². The zero-order chi connectivity index (χ0) is 11.5. The van der Waals surface area contributed by atoms with Crippen molar-refractivity contribution in [3.05, 3.63) is 23.1 Å². The van der Waals surface area contributed by atoms with Gasteiger partial charge in [0.25, 0.3) is 0 Å². The molecular weight excluding hydrogens is 188 g/mol. The van der Waals surface area contributed by atoms with Gasteiger partial charge in [-0.1, -0.05) is 18.6 Å². The fraction of sp³-hybridized carbons (Fsp3) is 0.667. The number of hydroxylamine groups is 1. The Morgan fingerprint density at radius 3 is 2.73 bits per heavy atom. The van der Waals surface area contributed by atoms with Crippen LogP contribution in [0.3, 0.4) is 0 Å². The Morgan fingerprint density at radius 2 is 2.20 bits per heavy atom. The molecule has 0 aromatic rings. The molecule has 86 valence electrons. The Hall–Kier alpha value is -0.960. The predicted octanol–water partition coefficient (Wildman–Crippen LogP) is 2.33. The molecule has 3 nitrogen and oxygen atoms in total. The van der Waals surface area contributed by atoms with E-state index in [4.69, 9.17) is 4.84 Å². The monoisotopic (exact) mass is 210 g/mol. The Balaban J connectivity index is 3.16. The molecule has 0 aliphatic carbocycles. The van der Waals surface area contributed by atoms with E-state index >= 15 is 0 Å². The van der Waals surface area contributed by atoms with Crippen LogP contribution in [0.2, 0.25) is 0 Å². The molecule has 3 heteroatoms. The van der Waals surface area contributed by atoms with E-state index < -0.39 is 0 Å². The van der Waals surface area contributed by atoms with Crippen LogP contribution in [0.15, 0.2) is 23.1 Å². The number of hydrogen-bond acceptors (Lipinski definition) is 3. The highest BCUT2D eigenvalue weighted by molar-refractivity contribution is 5.29. The fourth-order valence-corrected chi connectivity index (χ4v) is 1.99. The third-order valence-corrected chi connectivity index (χ3v) is 3.40. The average Bonchev–Trinajstić information content (AvgIpc) is 2.32. The summed E-state index contributed by atoms with van der Waals surface area (Å²) >= 11 is 0. The van der Waals surface area contributed by atoms with Gasteiger partial charge in [0.1, 0.15) is 0 Å². The van der Waals surface area contributed by atoms with Gasteiger partial charge in [0.05, 0.1) is 0 Å². The van der Waals surface area contributed by atoms with E-state index in [-0.39, 0.29) is 5.41 Å². The van der Waals surface area contributed by atoms with Crippen molar-refractivity contribution in [2.45, 2.75) is 34.1 Å². The first kappa shape index (κ1) is 12.1. The third kappa shape index (κ3) is 2.17. The second-order valence-corrected chi connectivity index (χ2v) is 4.21. The second-order valence-electron chi connectivity index (χ2n) is 4.21. The summed E-state index contributed by atoms with van der Waals surface area (Å²) in [6.07, 6.45) is 3.27. The largest absolute Gasteiger partial charge is 0.411 e. The van der Waals surface area contributed by atoms with Gasteiger partial charge < -0.3 is 10.2 Å². The summed E-state index contributed by atoms with van der Waals surface area (Å²) in [5.74, 6) is 0.999. The molecule has 0 spiro atoms. The second kappa shape index (κ2) is 4.71. The number of allylic oxidation sites excluding steroid dienone is 2. The van der Waals surface area contributed by atoms with Gasteiger partial charge in [0.15, 0.2) is 5.76 Å². The van der Waals surface area contributed by atoms with Gasteiger partial charge in [-0.25, -0.2) is 0 Å². The lowest BCUT2D eigenvalue weighted by Gasteiger charge is -2.31. The highest BCUT2D eigenvalue weighted by Gasteiger charge is 2.34. The Kier molecular flexibility index (Phi) is 3.80. The smallest absolute Gasteiger partial charge is 0.152 e. The molecule has 1 atom stereocenters. The zero-order valence-electron chi connectivity index (χ0n) is 10.4. The van der Waals surface area contributed by atoms with E-state index in [2.05, 4.69) is 44.6 Å². The number of hydrogen-bond donors (Lipinski definition) is 2. The average molecular weight is 210 g/mol. The molecule has 1 heterocycles. The van der Waals surface area contributed by atoms with E-state index in [0.717, 1.165) is 24.4 Å². The van der Waals surface area contributed by atoms with E-state index in [0.29, 0.717) is 0 Å². The molecule has 0 radical (unpaired) electrons. The molecule has 15 heavy (non-hydrogen) atoms. The highest BCUT2D eigenvalue weighted by atomic mass is 16.6. The molecule has 0 unspecified atom stereocenters. The molecule has 0 amide bonds. The molecule has 0 saturated carbocycles. The molecule has 1 aliphatic heterocycles. The van der Waals surface area contributed by atoms with Crippen LogP contribution < -0.4 is 10.8 Å². The maximum absolute atomic E-state index is 5.58. The SMILES string of the molecule is CC[C@@]1(C)C(C)=CCNC(C)=C1ONC. The van der Waals surface area contributed by atoms with Crippen LogP contribution in [0.4, 0.5) is 0 Å². The van der Waals surface area contributed by atoms with Gasteiger partial charge in [-0.05, 0) is 27.2 Å². The van der Waals surface area contributed by atoms with Crippen molar-refractivity contribution in [2.75, 3.05) is 13.6 Å². The number of rotatable bonds is 3. The van der Waals surface area contributed by atoms with E-state index in [1.54, 1.807) is 7.05 Å². The van der Waals surface area contributed by atoms with E-state index in [1.807, 2.05) is 0 Å². The molecule has 0 aromatic heterocycles. The standard InChI is InChI=1S/C12H22N2O/c1-6-12(4)9(2)7-8-14-10(3)11(12)15-13-5/h7,13-14H,6,8H2,1-5H3/t12-/m0/s1. The first-order valence-electron chi connectivity index (χ1n) is 5.52. The van der Waals surface area contributed by atoms with Crippen molar-refractivity contribution >= 4 is 0 Å². The summed E-state index contributed by atoms with van der Waals surface area (Å²) in [5.41, 5.74) is 5.25. The number of nitrogens with one attached hydrogen (secondary N) is 2. The van der Waals surface area contributed by atoms with Gasteiger partial charge in [-0.3, -0.25) is 0 Å². The predicted molar refractivity (Wildman–Crippen MR) is 63.0 cm³/mol. The molecular formula is C12H22N2O. The molecule has 0 fully saturated rings. The van der Waals surface area contributed by atoms with Crippen LogP contribution in [0.5, 0.6) is 0 Å². The Labute approximate surface area is 92.5 Å². The minimum absolute atomic E-state index is 0.00338. The lowest BCUT2D eigenvalue weighted by Crippen LogP contribution is -2.27. The van der Waals surface area contributed by atoms with Crippen LogP contribution in [0.25, 0.3) is 0 Å². The van der Waals surface area contributed by atoms with Crippen molar-refractivity contribution in [2.24, 2.45) is 5.41 Å². The summed E-state index contributed by atoms with van der Waals surface area (Å²) in [6, 6.07) is 0. The molecule has 1 rings (SSSR count). The summed E-state index contributed by atoms with van der Waals surface area (Å²) in [6.45, 7) is 9.52. The van der Waals surface area contributed by atoms with Gasteiger partial charge in [0, 0.05) is 24.7 Å². The minimum atomic E-state index is -0.00338. The maximum atomic E-state index is 5.58. The van der Waals surface area contributed by atoms with Crippen LogP contribution in [0, 0.1) is 5.41 Å². The van der Waals surface area contributed by atoms with Crippen molar-refractivity contribution in [3.63, 3.8) is 0 Å². The quantitative estimate of drug-likeness (QED) is 0.554. The van der Waals surface area contributed by atoms with Crippen LogP contribution in [0.1, 0.15) is 34.1 Å². The zero-order valence-corrected chi connectivity index (χ0v) is 10.4. The summed E-state index contributed by atoms with van der Waals surface area (Å²) in [7, 11) is 1.79. The van der Waals surface area contributed by atoms with Crippen LogP contribution >= 0.6 is 0 Å². The molecule has 0 saturated heterocycles. The van der Waals surface area contributed by atoms with E-state index in [9.17, 15) is 0 Å². The third-order valence-electron chi connectivity index (χ3n) is 3.40. The van der Waals surface area contributed by atoms with E-state index in [1.165, 1.54) is 5.57 Å². The van der Waals surface area contributed by atoms with Crippen molar-refractivity contribution in [3.8, 4) is 0 Å². The van der Waals surface area contributed by atoms with Gasteiger partial charge >= 0.3 is 0 Å². The van der Waals surface area contributed by atoms with Crippen LogP contribution in [-0.4, -0.2) is 13.6 Å². The molecule has 2 N–H and O–H groups in total. The van der Waals surface area contributed by atoms with Gasteiger partial charge in [-0.2, -0.15) is 5.48 Å². The Bertz CT molecular complexity index is 294. The van der Waals surface area contributed by atoms with Crippen LogP contribution in [-0.2, 0) is 4.84 Å². The molecule has 1 aliphatic rings. The summed E-state index contributed by atoms with van der Waals surface area (Å²) in [4.78, 5) is 5.58. The van der Waals surface area contributed by atoms with Crippen molar-refractivity contribution in [1.82, 2.24) is 10.8 Å². The van der Waals surface area contributed by atoms with Crippen molar-refractivity contribution < 1.29 is 4.84 Å². The highest BCUT2D eigenvalue weighted by Crippen LogP contribution is 2.40. The first-order valence-corrected chi connectivity index (χ1v) is 5.52. The lowest BCUT2D eigenvalue weighted by atomic mass is 9.78. The minimum Gasteiger partial charge on any atom is -0.411 e. The normalized spacial score (nSPS) is 26.9. The maximum Gasteiger partial charge on any atom is 0.152 e.